The van der Waals surface area contributed by atoms with Crippen LogP contribution in [-0.2, 0) is 6.42 Å². The fraction of sp³-hybridized carbons (Fsp3) is 0.393. The van der Waals surface area contributed by atoms with Gasteiger partial charge in [-0.05, 0) is 42.5 Å². The number of hydrogen-bond acceptors (Lipinski definition) is 3. The van der Waals surface area contributed by atoms with Gasteiger partial charge in [0.1, 0.15) is 5.01 Å². The fourth-order valence-corrected chi connectivity index (χ4v) is 3.39. The van der Waals surface area contributed by atoms with Crippen molar-refractivity contribution in [3.05, 3.63) is 88.6 Å². The Kier molecular flexibility index (Phi) is 11.9. The van der Waals surface area contributed by atoms with Crippen LogP contribution in [0.5, 0.6) is 0 Å². The molecule has 2 nitrogen and oxygen atoms in total. The summed E-state index contributed by atoms with van der Waals surface area (Å²) in [5, 5.41) is 1.11. The molecule has 0 amide bonds. The Morgan fingerprint density at radius 2 is 1.52 bits per heavy atom. The van der Waals surface area contributed by atoms with Gasteiger partial charge in [0.25, 0.3) is 0 Å². The minimum absolute atomic E-state index is 0.589. The second kappa shape index (κ2) is 13.8. The van der Waals surface area contributed by atoms with E-state index in [1.807, 2.05) is 6.20 Å². The van der Waals surface area contributed by atoms with Crippen LogP contribution in [0.15, 0.2) is 67.0 Å². The molecule has 1 aromatic heterocycles. The van der Waals surface area contributed by atoms with Gasteiger partial charge in [-0.2, -0.15) is 0 Å². The van der Waals surface area contributed by atoms with E-state index in [0.29, 0.717) is 11.6 Å². The van der Waals surface area contributed by atoms with Crippen molar-refractivity contribution in [2.24, 2.45) is 11.7 Å². The van der Waals surface area contributed by atoms with E-state index in [2.05, 4.69) is 102 Å². The average molecular weight is 437 g/mol. The summed E-state index contributed by atoms with van der Waals surface area (Å²) in [5.41, 5.74) is 10.8. The Hall–Kier alpha value is -2.39. The molecule has 0 aliphatic carbocycles. The molecule has 31 heavy (non-hydrogen) atoms. The maximum absolute atomic E-state index is 4.92. The number of nitrogens with zero attached hydrogens (tertiary/aromatic N) is 1. The molecule has 0 saturated carbocycles. The second-order valence-corrected chi connectivity index (χ2v) is 9.83. The van der Waals surface area contributed by atoms with Crippen LogP contribution in [-0.4, -0.2) is 4.98 Å². The van der Waals surface area contributed by atoms with Crippen molar-refractivity contribution in [3.63, 3.8) is 0 Å². The van der Waals surface area contributed by atoms with Gasteiger partial charge in [0, 0.05) is 23.1 Å². The predicted molar refractivity (Wildman–Crippen MR) is 140 cm³/mol. The van der Waals surface area contributed by atoms with Gasteiger partial charge in [-0.1, -0.05) is 102 Å². The molecule has 0 aliphatic heterocycles. The van der Waals surface area contributed by atoms with Gasteiger partial charge in [-0.15, -0.1) is 11.3 Å². The number of thiazole rings is 1. The molecule has 0 fully saturated rings. The summed E-state index contributed by atoms with van der Waals surface area (Å²) in [6.45, 7) is 18.3. The van der Waals surface area contributed by atoms with E-state index in [9.17, 15) is 0 Å². The number of rotatable bonds is 5. The first-order valence-electron chi connectivity index (χ1n) is 11.1. The van der Waals surface area contributed by atoms with Crippen molar-refractivity contribution in [1.82, 2.24) is 4.98 Å². The fourth-order valence-electron chi connectivity index (χ4n) is 2.44. The van der Waals surface area contributed by atoms with Gasteiger partial charge in [0.15, 0.2) is 0 Å². The molecule has 1 heterocycles. The van der Waals surface area contributed by atoms with E-state index in [4.69, 9.17) is 5.73 Å². The van der Waals surface area contributed by atoms with E-state index in [1.165, 1.54) is 33.6 Å². The van der Waals surface area contributed by atoms with Crippen LogP contribution >= 0.6 is 11.3 Å². The van der Waals surface area contributed by atoms with E-state index >= 15 is 0 Å². The summed E-state index contributed by atoms with van der Waals surface area (Å²) in [6.07, 6.45) is 4.28. The number of aromatic nitrogens is 1. The van der Waals surface area contributed by atoms with Gasteiger partial charge in [0.2, 0.25) is 0 Å². The Morgan fingerprint density at radius 1 is 1.00 bits per heavy atom. The van der Waals surface area contributed by atoms with Crippen molar-refractivity contribution in [3.8, 4) is 10.6 Å². The number of nitrogens with two attached hydrogens (primary N) is 1. The van der Waals surface area contributed by atoms with Crippen LogP contribution < -0.4 is 5.73 Å². The lowest BCUT2D eigenvalue weighted by Gasteiger charge is -2.06. The normalized spacial score (nSPS) is 10.2. The zero-order chi connectivity index (χ0) is 23.4. The van der Waals surface area contributed by atoms with E-state index in [0.717, 1.165) is 17.3 Å². The van der Waals surface area contributed by atoms with E-state index in [-0.39, 0.29) is 0 Å². The highest BCUT2D eigenvalue weighted by atomic mass is 32.1. The van der Waals surface area contributed by atoms with Crippen LogP contribution in [0.1, 0.15) is 75.4 Å². The summed E-state index contributed by atoms with van der Waals surface area (Å²) in [4.78, 5) is 5.89. The first-order chi connectivity index (χ1) is 14.6. The maximum atomic E-state index is 4.92. The molecule has 3 rings (SSSR count). The molecular weight excluding hydrogens is 396 g/mol. The monoisotopic (exact) mass is 436 g/mol. The van der Waals surface area contributed by atoms with Crippen LogP contribution in [0.25, 0.3) is 10.6 Å². The van der Waals surface area contributed by atoms with Crippen molar-refractivity contribution in [2.45, 2.75) is 67.2 Å². The molecule has 3 heteroatoms. The third-order valence-electron chi connectivity index (χ3n) is 4.69. The first kappa shape index (κ1) is 26.6. The topological polar surface area (TPSA) is 38.9 Å². The SMILES string of the molecule is C=C(C)N.CCC(C)C.Cc1ccc(-c2ncc(Cc3ccc(C(C)C)cc3)s2)cc1. The number of hydrogen-bond donors (Lipinski definition) is 1. The van der Waals surface area contributed by atoms with Crippen molar-refractivity contribution in [2.75, 3.05) is 0 Å². The summed E-state index contributed by atoms with van der Waals surface area (Å²) >= 11 is 1.79. The molecule has 0 atom stereocenters. The second-order valence-electron chi connectivity index (χ2n) is 8.72. The first-order valence-corrected chi connectivity index (χ1v) is 12.0. The van der Waals surface area contributed by atoms with E-state index in [1.54, 1.807) is 18.3 Å². The summed E-state index contributed by atoms with van der Waals surface area (Å²) < 4.78 is 0. The Balaban J connectivity index is 0.000000454. The highest BCUT2D eigenvalue weighted by Crippen LogP contribution is 2.27. The Labute approximate surface area is 194 Å². The largest absolute Gasteiger partial charge is 0.403 e. The molecule has 0 bridgehead atoms. The zero-order valence-electron chi connectivity index (χ0n) is 20.4. The van der Waals surface area contributed by atoms with Crippen LogP contribution in [0.3, 0.4) is 0 Å². The molecule has 2 aromatic carbocycles. The van der Waals surface area contributed by atoms with Gasteiger partial charge >= 0.3 is 0 Å². The highest BCUT2D eigenvalue weighted by Gasteiger charge is 2.06. The smallest absolute Gasteiger partial charge is 0.123 e. The summed E-state index contributed by atoms with van der Waals surface area (Å²) in [5.74, 6) is 1.47. The average Bonchev–Trinajstić information content (AvgIpc) is 3.17. The third-order valence-corrected chi connectivity index (χ3v) is 5.74. The Bertz CT molecular complexity index is 884. The molecule has 3 aromatic rings. The van der Waals surface area contributed by atoms with Crippen LogP contribution in [0.2, 0.25) is 0 Å². The number of benzene rings is 2. The standard InChI is InChI=1S/C20H21NS.C5H12.C3H7N/c1-14(2)17-10-6-16(7-11-17)12-19-13-21-20(22-19)18-8-4-15(3)5-9-18;1-4-5(2)3;1-3(2)4/h4-11,13-14H,12H2,1-3H3;5H,4H2,1-3H3;1,4H2,2H3. The molecule has 0 saturated heterocycles. The minimum Gasteiger partial charge on any atom is -0.403 e. The van der Waals surface area contributed by atoms with Crippen molar-refractivity contribution >= 4 is 11.3 Å². The van der Waals surface area contributed by atoms with Gasteiger partial charge < -0.3 is 5.73 Å². The summed E-state index contributed by atoms with van der Waals surface area (Å²) in [6, 6.07) is 17.5. The zero-order valence-corrected chi connectivity index (χ0v) is 21.2. The third kappa shape index (κ3) is 11.0. The molecule has 0 aliphatic rings. The molecule has 168 valence electrons. The lowest BCUT2D eigenvalue weighted by molar-refractivity contribution is 0.626. The lowest BCUT2D eigenvalue weighted by Crippen LogP contribution is -1.89. The predicted octanol–water partition coefficient (Wildman–Crippen LogP) is 8.36. The molecule has 0 radical (unpaired) electrons. The van der Waals surface area contributed by atoms with Crippen molar-refractivity contribution in [1.29, 1.82) is 0 Å². The Morgan fingerprint density at radius 3 is 1.97 bits per heavy atom. The molecule has 2 N–H and O–H groups in total. The summed E-state index contributed by atoms with van der Waals surface area (Å²) in [7, 11) is 0. The van der Waals surface area contributed by atoms with Gasteiger partial charge in [-0.25, -0.2) is 4.98 Å². The maximum Gasteiger partial charge on any atom is 0.123 e. The van der Waals surface area contributed by atoms with Gasteiger partial charge in [-0.3, -0.25) is 0 Å². The van der Waals surface area contributed by atoms with E-state index < -0.39 is 0 Å². The van der Waals surface area contributed by atoms with Crippen molar-refractivity contribution < 1.29 is 0 Å². The van der Waals surface area contributed by atoms with Gasteiger partial charge in [0.05, 0.1) is 0 Å². The molecule has 0 unspecified atom stereocenters. The van der Waals surface area contributed by atoms with Crippen LogP contribution in [0, 0.1) is 12.8 Å². The van der Waals surface area contributed by atoms with Crippen LogP contribution in [0.4, 0.5) is 0 Å². The number of allylic oxidation sites excluding steroid dienone is 1. The number of aryl methyl sites for hydroxylation is 1. The molecule has 0 spiro atoms. The lowest BCUT2D eigenvalue weighted by atomic mass is 10.0. The quantitative estimate of drug-likeness (QED) is 0.436. The minimum atomic E-state index is 0.589. The molecular formula is C28H40N2S. The highest BCUT2D eigenvalue weighted by molar-refractivity contribution is 7.15.